The van der Waals surface area contributed by atoms with Gasteiger partial charge in [0.05, 0.1) is 22.9 Å². The van der Waals surface area contributed by atoms with Gasteiger partial charge in [-0.3, -0.25) is 0 Å². The number of hydrogen-bond acceptors (Lipinski definition) is 8. The lowest BCUT2D eigenvalue weighted by atomic mass is 10.4. The second-order valence-electron chi connectivity index (χ2n) is 11.9. The van der Waals surface area contributed by atoms with Crippen LogP contribution in [0.4, 0.5) is 0 Å². The van der Waals surface area contributed by atoms with Gasteiger partial charge in [0.25, 0.3) is 0 Å². The minimum atomic E-state index is -3.02. The SMILES string of the molecule is CCCCOC(C)[Si]1(C)O[Si](C)(C(C)OCCCC)O[Si](C)(C(C)OCCCC)O[Si](C)(C(C)OCCCC)O1. The first-order valence-corrected chi connectivity index (χ1v) is 25.6. The van der Waals surface area contributed by atoms with E-state index in [0.29, 0.717) is 26.4 Å². The summed E-state index contributed by atoms with van der Waals surface area (Å²) in [5, 5.41) is 0. The Morgan fingerprint density at radius 3 is 0.725 bits per heavy atom. The molecule has 1 saturated heterocycles. The van der Waals surface area contributed by atoms with Crippen molar-refractivity contribution in [3.05, 3.63) is 0 Å². The lowest BCUT2D eigenvalue weighted by Gasteiger charge is -2.54. The van der Waals surface area contributed by atoms with Crippen molar-refractivity contribution in [3.63, 3.8) is 0 Å². The summed E-state index contributed by atoms with van der Waals surface area (Å²) >= 11 is 0. The zero-order valence-electron chi connectivity index (χ0n) is 28.1. The van der Waals surface area contributed by atoms with Gasteiger partial charge in [-0.25, -0.2) is 0 Å². The summed E-state index contributed by atoms with van der Waals surface area (Å²) < 4.78 is 54.5. The molecule has 12 heteroatoms. The van der Waals surface area contributed by atoms with E-state index in [1.54, 1.807) is 0 Å². The third kappa shape index (κ3) is 11.6. The van der Waals surface area contributed by atoms with Crippen LogP contribution in [0, 0.1) is 0 Å². The molecule has 8 nitrogen and oxygen atoms in total. The summed E-state index contributed by atoms with van der Waals surface area (Å²) in [4.78, 5) is 0. The molecular formula is C28H64O8Si4. The van der Waals surface area contributed by atoms with Crippen molar-refractivity contribution in [1.29, 1.82) is 0 Å². The number of unbranched alkanes of at least 4 members (excludes halogenated alkanes) is 4. The van der Waals surface area contributed by atoms with Crippen molar-refractivity contribution in [2.24, 2.45) is 0 Å². The van der Waals surface area contributed by atoms with Crippen molar-refractivity contribution in [1.82, 2.24) is 0 Å². The van der Waals surface area contributed by atoms with Crippen LogP contribution in [0.2, 0.25) is 26.2 Å². The maximum atomic E-state index is 7.26. The number of rotatable bonds is 20. The van der Waals surface area contributed by atoms with Crippen molar-refractivity contribution in [2.45, 2.75) is 156 Å². The Morgan fingerprint density at radius 2 is 0.575 bits per heavy atom. The Kier molecular flexibility index (Phi) is 17.7. The second kappa shape index (κ2) is 18.4. The fourth-order valence-electron chi connectivity index (χ4n) is 4.58. The molecule has 0 N–H and O–H groups in total. The van der Waals surface area contributed by atoms with Gasteiger partial charge in [0, 0.05) is 26.4 Å². The van der Waals surface area contributed by atoms with Gasteiger partial charge in [-0.2, -0.15) is 0 Å². The Hall–Kier alpha value is 0.548. The average molecular weight is 641 g/mol. The summed E-state index contributed by atoms with van der Waals surface area (Å²) in [5.74, 6) is 0. The molecule has 1 rings (SSSR count). The second-order valence-corrected chi connectivity index (χ2v) is 26.6. The van der Waals surface area contributed by atoms with E-state index in [-0.39, 0.29) is 22.9 Å². The van der Waals surface area contributed by atoms with Crippen LogP contribution in [0.5, 0.6) is 0 Å². The molecule has 240 valence electrons. The highest BCUT2D eigenvalue weighted by Crippen LogP contribution is 2.38. The van der Waals surface area contributed by atoms with Gasteiger partial charge < -0.3 is 35.4 Å². The molecule has 40 heavy (non-hydrogen) atoms. The molecular weight excluding hydrogens is 577 g/mol. The Balaban J connectivity index is 3.57. The van der Waals surface area contributed by atoms with Crippen LogP contribution in [-0.4, -0.2) is 83.6 Å². The van der Waals surface area contributed by atoms with Gasteiger partial charge in [-0.15, -0.1) is 0 Å². The zero-order chi connectivity index (χ0) is 30.5. The van der Waals surface area contributed by atoms with Crippen molar-refractivity contribution in [2.75, 3.05) is 26.4 Å². The van der Waals surface area contributed by atoms with Gasteiger partial charge in [0.1, 0.15) is 0 Å². The Bertz CT molecular complexity index is 569. The van der Waals surface area contributed by atoms with Crippen LogP contribution < -0.4 is 0 Å². The average Bonchev–Trinajstić information content (AvgIpc) is 2.87. The van der Waals surface area contributed by atoms with Crippen LogP contribution in [0.25, 0.3) is 0 Å². The lowest BCUT2D eigenvalue weighted by Crippen LogP contribution is -2.76. The largest absolute Gasteiger partial charge is 0.413 e. The summed E-state index contributed by atoms with van der Waals surface area (Å²) in [5.41, 5.74) is -0.834. The molecule has 0 radical (unpaired) electrons. The molecule has 0 bridgehead atoms. The minimum Gasteiger partial charge on any atom is -0.413 e. The fourth-order valence-corrected chi connectivity index (χ4v) is 26.6. The van der Waals surface area contributed by atoms with E-state index in [1.807, 2.05) is 0 Å². The minimum absolute atomic E-state index is 0.208. The van der Waals surface area contributed by atoms with E-state index in [0.717, 1.165) is 51.4 Å². The standard InChI is InChI=1S/C28H64O8Si4/c1-13-17-21-29-25(5)37(9)33-38(10,26(6)30-22-18-14-2)35-40(12,28(8)32-24-20-16-4)36-39(11,34-37)27(7)31-23-19-15-3/h25-28H,13-24H2,1-12H3. The molecule has 0 aliphatic carbocycles. The molecule has 1 heterocycles. The fraction of sp³-hybridized carbons (Fsp3) is 1.00. The van der Waals surface area contributed by atoms with Crippen LogP contribution in [0.3, 0.4) is 0 Å². The molecule has 1 aliphatic heterocycles. The molecule has 0 spiro atoms. The van der Waals surface area contributed by atoms with E-state index < -0.39 is 34.2 Å². The molecule has 4 unspecified atom stereocenters. The Morgan fingerprint density at radius 1 is 0.400 bits per heavy atom. The van der Waals surface area contributed by atoms with Gasteiger partial charge >= 0.3 is 34.2 Å². The molecule has 1 aliphatic rings. The monoisotopic (exact) mass is 640 g/mol. The molecule has 0 aromatic heterocycles. The molecule has 1 fully saturated rings. The Labute approximate surface area is 251 Å². The summed E-state index contributed by atoms with van der Waals surface area (Å²) in [6, 6.07) is 0. The van der Waals surface area contributed by atoms with E-state index in [4.69, 9.17) is 35.4 Å². The number of hydrogen-bond donors (Lipinski definition) is 0. The number of ether oxygens (including phenoxy) is 4. The highest BCUT2D eigenvalue weighted by Gasteiger charge is 2.64. The summed E-state index contributed by atoms with van der Waals surface area (Å²) in [6.45, 7) is 28.2. The highest BCUT2D eigenvalue weighted by molar-refractivity contribution is 6.95. The van der Waals surface area contributed by atoms with Crippen molar-refractivity contribution < 1.29 is 35.4 Å². The molecule has 4 atom stereocenters. The highest BCUT2D eigenvalue weighted by atomic mass is 28.5. The molecule has 0 aromatic carbocycles. The third-order valence-electron chi connectivity index (χ3n) is 8.04. The van der Waals surface area contributed by atoms with E-state index in [1.165, 1.54) is 0 Å². The summed E-state index contributed by atoms with van der Waals surface area (Å²) in [7, 11) is -12.1. The predicted octanol–water partition coefficient (Wildman–Crippen LogP) is 7.33. The van der Waals surface area contributed by atoms with Crippen molar-refractivity contribution in [3.8, 4) is 0 Å². The first-order chi connectivity index (χ1) is 18.8. The molecule has 0 saturated carbocycles. The maximum absolute atomic E-state index is 7.26. The van der Waals surface area contributed by atoms with E-state index in [9.17, 15) is 0 Å². The first kappa shape index (κ1) is 38.6. The van der Waals surface area contributed by atoms with E-state index in [2.05, 4.69) is 81.6 Å². The van der Waals surface area contributed by atoms with Gasteiger partial charge in [-0.05, 0) is 79.6 Å². The molecule has 0 amide bonds. The van der Waals surface area contributed by atoms with Crippen LogP contribution in [0.15, 0.2) is 0 Å². The first-order valence-electron chi connectivity index (χ1n) is 16.0. The quantitative estimate of drug-likeness (QED) is 0.101. The third-order valence-corrected chi connectivity index (χ3v) is 27.6. The summed E-state index contributed by atoms with van der Waals surface area (Å²) in [6.07, 6.45) is 8.27. The molecule has 0 aromatic rings. The lowest BCUT2D eigenvalue weighted by molar-refractivity contribution is 0.0309. The van der Waals surface area contributed by atoms with Gasteiger partial charge in [0.15, 0.2) is 0 Å². The normalized spacial score (nSPS) is 32.7. The smallest absolute Gasteiger partial charge is 0.347 e. The van der Waals surface area contributed by atoms with Crippen LogP contribution in [0.1, 0.15) is 107 Å². The topological polar surface area (TPSA) is 73.8 Å². The van der Waals surface area contributed by atoms with Crippen molar-refractivity contribution >= 4 is 34.2 Å². The van der Waals surface area contributed by atoms with Gasteiger partial charge in [0.2, 0.25) is 0 Å². The van der Waals surface area contributed by atoms with E-state index >= 15 is 0 Å². The zero-order valence-corrected chi connectivity index (χ0v) is 32.1. The van der Waals surface area contributed by atoms with Crippen LogP contribution in [-0.2, 0) is 35.4 Å². The van der Waals surface area contributed by atoms with Crippen LogP contribution >= 0.6 is 0 Å². The van der Waals surface area contributed by atoms with Gasteiger partial charge in [-0.1, -0.05) is 53.4 Å². The predicted molar refractivity (Wildman–Crippen MR) is 172 cm³/mol. The maximum Gasteiger partial charge on any atom is 0.347 e.